The summed E-state index contributed by atoms with van der Waals surface area (Å²) >= 11 is 0. The molecule has 40 heavy (non-hydrogen) atoms. The fourth-order valence-electron chi connectivity index (χ4n) is 6.87. The van der Waals surface area contributed by atoms with Gasteiger partial charge in [-0.1, -0.05) is 37.3 Å². The molecule has 0 aliphatic carbocycles. The lowest BCUT2D eigenvalue weighted by Crippen LogP contribution is -2.38. The third-order valence-corrected chi connectivity index (χ3v) is 9.20. The second kappa shape index (κ2) is 9.58. The summed E-state index contributed by atoms with van der Waals surface area (Å²) in [5, 5.41) is 14.7. The van der Waals surface area contributed by atoms with E-state index in [1.807, 2.05) is 22.9 Å². The van der Waals surface area contributed by atoms with Crippen LogP contribution in [0.3, 0.4) is 0 Å². The molecule has 2 atom stereocenters. The number of hydrogen-bond donors (Lipinski definition) is 1. The predicted molar refractivity (Wildman–Crippen MR) is 153 cm³/mol. The van der Waals surface area contributed by atoms with Crippen molar-refractivity contribution in [3.8, 4) is 0 Å². The van der Waals surface area contributed by atoms with E-state index in [0.29, 0.717) is 31.8 Å². The first-order valence-electron chi connectivity index (χ1n) is 14.4. The number of amides is 2. The third-order valence-electron chi connectivity index (χ3n) is 9.20. The van der Waals surface area contributed by atoms with Crippen LogP contribution in [-0.2, 0) is 10.2 Å². The maximum Gasteiger partial charge on any atom is 0.293 e. The average molecular weight is 545 g/mol. The smallest absolute Gasteiger partial charge is 0.293 e. The van der Waals surface area contributed by atoms with Crippen molar-refractivity contribution in [3.63, 3.8) is 0 Å². The Kier molecular flexibility index (Phi) is 6.40. The number of anilines is 1. The monoisotopic (exact) mass is 544 g/mol. The number of nitrogens with zero attached hydrogens (tertiary/aromatic N) is 6. The number of aliphatic hydroxyl groups is 1. The fraction of sp³-hybridized carbons (Fsp3) is 0.548. The highest BCUT2D eigenvalue weighted by Crippen LogP contribution is 2.40. The first kappa shape index (κ1) is 26.7. The number of aryl methyl sites for hydroxylation is 1. The summed E-state index contributed by atoms with van der Waals surface area (Å²) in [6, 6.07) is 12.9. The number of pyridine rings is 1. The number of likely N-dealkylation sites (tertiary alicyclic amines) is 2. The van der Waals surface area contributed by atoms with E-state index in [2.05, 4.69) is 58.3 Å². The van der Waals surface area contributed by atoms with Gasteiger partial charge in [0.05, 0.1) is 23.9 Å². The second-order valence-corrected chi connectivity index (χ2v) is 13.2. The van der Waals surface area contributed by atoms with Crippen LogP contribution in [-0.4, -0.2) is 86.2 Å². The lowest BCUT2D eigenvalue weighted by atomic mass is 9.82. The summed E-state index contributed by atoms with van der Waals surface area (Å²) in [5.41, 5.74) is 3.13. The summed E-state index contributed by atoms with van der Waals surface area (Å²) in [6.45, 7) is 12.1. The summed E-state index contributed by atoms with van der Waals surface area (Å²) in [5.74, 6) is 0.0472. The zero-order chi connectivity index (χ0) is 28.3. The van der Waals surface area contributed by atoms with Gasteiger partial charge in [0.2, 0.25) is 11.7 Å². The first-order chi connectivity index (χ1) is 18.9. The predicted octanol–water partition coefficient (Wildman–Crippen LogP) is 3.43. The minimum absolute atomic E-state index is 0.0236. The van der Waals surface area contributed by atoms with E-state index >= 15 is 0 Å². The molecule has 1 aromatic carbocycles. The van der Waals surface area contributed by atoms with Gasteiger partial charge in [-0.05, 0) is 57.2 Å². The molecular formula is C31H40N6O3. The van der Waals surface area contributed by atoms with E-state index in [4.69, 9.17) is 0 Å². The van der Waals surface area contributed by atoms with Gasteiger partial charge in [0, 0.05) is 50.1 Å². The van der Waals surface area contributed by atoms with Gasteiger partial charge in [0.1, 0.15) is 0 Å². The van der Waals surface area contributed by atoms with E-state index in [9.17, 15) is 14.7 Å². The van der Waals surface area contributed by atoms with Crippen molar-refractivity contribution >= 4 is 23.1 Å². The molecule has 212 valence electrons. The molecule has 1 spiro atoms. The molecule has 0 bridgehead atoms. The van der Waals surface area contributed by atoms with E-state index in [1.54, 1.807) is 18.4 Å². The highest BCUT2D eigenvalue weighted by molar-refractivity contribution is 5.91. The maximum atomic E-state index is 13.5. The van der Waals surface area contributed by atoms with Gasteiger partial charge in [0.25, 0.3) is 5.91 Å². The Morgan fingerprint density at radius 2 is 1.70 bits per heavy atom. The Morgan fingerprint density at radius 3 is 2.42 bits per heavy atom. The minimum atomic E-state index is -1.02. The normalized spacial score (nSPS) is 25.1. The van der Waals surface area contributed by atoms with Crippen LogP contribution in [0, 0.1) is 12.3 Å². The Morgan fingerprint density at radius 1 is 1.00 bits per heavy atom. The Labute approximate surface area is 235 Å². The van der Waals surface area contributed by atoms with E-state index in [1.165, 1.54) is 5.56 Å². The molecular weight excluding hydrogens is 504 g/mol. The quantitative estimate of drug-likeness (QED) is 0.529. The van der Waals surface area contributed by atoms with Gasteiger partial charge >= 0.3 is 0 Å². The van der Waals surface area contributed by atoms with Crippen LogP contribution in [0.2, 0.25) is 0 Å². The number of fused-ring (bicyclic) bond motifs is 1. The maximum absolute atomic E-state index is 13.5. The highest BCUT2D eigenvalue weighted by atomic mass is 16.3. The number of benzene rings is 1. The van der Waals surface area contributed by atoms with Crippen LogP contribution in [0.25, 0.3) is 5.65 Å². The molecule has 0 unspecified atom stereocenters. The molecule has 3 aliphatic heterocycles. The van der Waals surface area contributed by atoms with Gasteiger partial charge in [-0.3, -0.25) is 9.59 Å². The molecule has 0 radical (unpaired) electrons. The van der Waals surface area contributed by atoms with E-state index in [0.717, 1.165) is 43.6 Å². The molecule has 2 aromatic heterocycles. The van der Waals surface area contributed by atoms with Crippen molar-refractivity contribution in [1.29, 1.82) is 0 Å². The molecule has 3 saturated heterocycles. The molecule has 3 aromatic rings. The Bertz CT molecular complexity index is 1450. The number of rotatable bonds is 5. The zero-order valence-corrected chi connectivity index (χ0v) is 24.1. The van der Waals surface area contributed by atoms with Crippen LogP contribution >= 0.6 is 0 Å². The van der Waals surface area contributed by atoms with Crippen LogP contribution in [0.4, 0.5) is 5.69 Å². The van der Waals surface area contributed by atoms with Gasteiger partial charge in [-0.15, -0.1) is 5.10 Å². The second-order valence-electron chi connectivity index (χ2n) is 13.2. The van der Waals surface area contributed by atoms with E-state index < -0.39 is 5.60 Å². The topological polar surface area (TPSA) is 94.3 Å². The van der Waals surface area contributed by atoms with Crippen molar-refractivity contribution in [2.45, 2.75) is 64.4 Å². The van der Waals surface area contributed by atoms with E-state index in [-0.39, 0.29) is 34.9 Å². The SMILES string of the molecule is Cc1cc(N2CC[C@](C)(c3ccccc3)C2)cn2nc(C(=O)N3CC[C@@]4(CCN(C(=O)CC(C)(C)O)C4)C3)nc12. The van der Waals surface area contributed by atoms with Gasteiger partial charge in [0.15, 0.2) is 5.65 Å². The summed E-state index contributed by atoms with van der Waals surface area (Å²) in [7, 11) is 0. The first-order valence-corrected chi connectivity index (χ1v) is 14.4. The molecule has 9 nitrogen and oxygen atoms in total. The lowest BCUT2D eigenvalue weighted by molar-refractivity contribution is -0.134. The van der Waals surface area contributed by atoms with Crippen LogP contribution < -0.4 is 4.90 Å². The molecule has 5 heterocycles. The minimum Gasteiger partial charge on any atom is -0.390 e. The lowest BCUT2D eigenvalue weighted by Gasteiger charge is -2.26. The van der Waals surface area contributed by atoms with Gasteiger partial charge in [-0.2, -0.15) is 0 Å². The van der Waals surface area contributed by atoms with Crippen molar-refractivity contribution in [2.24, 2.45) is 5.41 Å². The number of aromatic nitrogens is 3. The molecule has 9 heteroatoms. The summed E-state index contributed by atoms with van der Waals surface area (Å²) in [6.07, 6.45) is 4.91. The highest BCUT2D eigenvalue weighted by Gasteiger charge is 2.46. The van der Waals surface area contributed by atoms with Crippen molar-refractivity contribution in [2.75, 3.05) is 44.2 Å². The van der Waals surface area contributed by atoms with Crippen LogP contribution in [0.5, 0.6) is 0 Å². The van der Waals surface area contributed by atoms with Crippen molar-refractivity contribution in [1.82, 2.24) is 24.4 Å². The molecule has 3 aliphatic rings. The molecule has 1 N–H and O–H groups in total. The molecule has 6 rings (SSSR count). The molecule has 0 saturated carbocycles. The van der Waals surface area contributed by atoms with Crippen molar-refractivity contribution < 1.29 is 14.7 Å². The summed E-state index contributed by atoms with van der Waals surface area (Å²) < 4.78 is 1.76. The number of carbonyl (C=O) groups excluding carboxylic acids is 2. The molecule has 3 fully saturated rings. The average Bonchev–Trinajstić information content (AvgIpc) is 3.70. The summed E-state index contributed by atoms with van der Waals surface area (Å²) in [4.78, 5) is 36.9. The Balaban J connectivity index is 1.15. The van der Waals surface area contributed by atoms with Gasteiger partial charge in [-0.25, -0.2) is 9.50 Å². The third kappa shape index (κ3) is 4.96. The largest absolute Gasteiger partial charge is 0.390 e. The van der Waals surface area contributed by atoms with Crippen LogP contribution in [0.1, 0.15) is 68.2 Å². The number of carbonyl (C=O) groups is 2. The zero-order valence-electron chi connectivity index (χ0n) is 24.1. The Hall–Kier alpha value is -3.46. The standard InChI is InChI=1S/C31H40N6O3/c1-22-16-24(34-13-10-30(4,19-34)23-8-6-5-7-9-23)18-37-27(22)32-26(33-37)28(39)36-15-12-31(21-36)11-14-35(20-31)25(38)17-29(2,3)40/h5-9,16,18,40H,10-15,17,19-21H2,1-4H3/t30-,31+/m0/s1. The van der Waals surface area contributed by atoms with Crippen molar-refractivity contribution in [3.05, 3.63) is 59.5 Å². The van der Waals surface area contributed by atoms with Crippen LogP contribution in [0.15, 0.2) is 42.6 Å². The number of hydrogen-bond acceptors (Lipinski definition) is 6. The van der Waals surface area contributed by atoms with Gasteiger partial charge < -0.3 is 19.8 Å². The molecule has 2 amide bonds. The fourth-order valence-corrected chi connectivity index (χ4v) is 6.87.